The van der Waals surface area contributed by atoms with E-state index < -0.39 is 0 Å². The molecule has 6 heteroatoms. The number of aliphatic imine (C=N–C) groups is 1. The zero-order valence-electron chi connectivity index (χ0n) is 16.9. The second-order valence-electron chi connectivity index (χ2n) is 7.06. The van der Waals surface area contributed by atoms with Crippen LogP contribution in [0.5, 0.6) is 0 Å². The Balaban J connectivity index is 1.64. The van der Waals surface area contributed by atoms with Gasteiger partial charge in [0.25, 0.3) is 5.91 Å². The number of hydrogen-bond donors (Lipinski definition) is 3. The molecule has 0 atom stereocenters. The highest BCUT2D eigenvalue weighted by molar-refractivity contribution is 5.94. The summed E-state index contributed by atoms with van der Waals surface area (Å²) >= 11 is 0. The molecule has 27 heavy (non-hydrogen) atoms. The summed E-state index contributed by atoms with van der Waals surface area (Å²) in [6.45, 7) is 5.38. The van der Waals surface area contributed by atoms with Gasteiger partial charge in [-0.25, -0.2) is 0 Å². The maximum Gasteiger partial charge on any atom is 0.251 e. The third-order valence-corrected chi connectivity index (χ3v) is 4.99. The van der Waals surface area contributed by atoms with Gasteiger partial charge in [-0.15, -0.1) is 0 Å². The van der Waals surface area contributed by atoms with E-state index in [2.05, 4.69) is 25.8 Å². The first-order valence-corrected chi connectivity index (χ1v) is 10.2. The van der Waals surface area contributed by atoms with E-state index in [1.165, 1.54) is 38.8 Å². The fourth-order valence-electron chi connectivity index (χ4n) is 3.43. The molecule has 3 N–H and O–H groups in total. The average molecular weight is 374 g/mol. The molecular weight excluding hydrogens is 338 g/mol. The van der Waals surface area contributed by atoms with Gasteiger partial charge in [-0.2, -0.15) is 0 Å². The highest BCUT2D eigenvalue weighted by atomic mass is 16.1. The van der Waals surface area contributed by atoms with Crippen LogP contribution in [0, 0.1) is 0 Å². The van der Waals surface area contributed by atoms with Crippen LogP contribution in [-0.2, 0) is 6.42 Å². The first kappa shape index (κ1) is 21.2. The summed E-state index contributed by atoms with van der Waals surface area (Å²) in [7, 11) is 3.45. The Kier molecular flexibility index (Phi) is 9.69. The Labute approximate surface area is 163 Å². The van der Waals surface area contributed by atoms with Crippen LogP contribution in [-0.4, -0.2) is 63.6 Å². The molecule has 2 rings (SSSR count). The van der Waals surface area contributed by atoms with Crippen molar-refractivity contribution < 1.29 is 4.79 Å². The summed E-state index contributed by atoms with van der Waals surface area (Å²) in [6.07, 6.45) is 7.44. The lowest BCUT2D eigenvalue weighted by Gasteiger charge is -2.20. The summed E-state index contributed by atoms with van der Waals surface area (Å²) in [6, 6.07) is 7.75. The van der Waals surface area contributed by atoms with E-state index in [1.807, 2.05) is 24.3 Å². The van der Waals surface area contributed by atoms with Gasteiger partial charge < -0.3 is 20.9 Å². The molecule has 1 aliphatic rings. The number of nitrogens with one attached hydrogen (secondary N) is 3. The number of benzene rings is 1. The molecule has 1 fully saturated rings. The Bertz CT molecular complexity index is 594. The largest absolute Gasteiger partial charge is 0.356 e. The topological polar surface area (TPSA) is 68.8 Å². The van der Waals surface area contributed by atoms with Gasteiger partial charge >= 0.3 is 0 Å². The molecule has 1 heterocycles. The second-order valence-corrected chi connectivity index (χ2v) is 7.06. The summed E-state index contributed by atoms with van der Waals surface area (Å²) in [5.74, 6) is 0.792. The molecule has 0 unspecified atom stereocenters. The van der Waals surface area contributed by atoms with E-state index in [0.29, 0.717) is 5.56 Å². The molecule has 1 amide bonds. The van der Waals surface area contributed by atoms with E-state index >= 15 is 0 Å². The van der Waals surface area contributed by atoms with Crippen LogP contribution < -0.4 is 16.0 Å². The van der Waals surface area contributed by atoms with E-state index in [-0.39, 0.29) is 5.91 Å². The van der Waals surface area contributed by atoms with E-state index in [4.69, 9.17) is 0 Å². The van der Waals surface area contributed by atoms with E-state index in [9.17, 15) is 4.79 Å². The van der Waals surface area contributed by atoms with Crippen molar-refractivity contribution in [3.63, 3.8) is 0 Å². The summed E-state index contributed by atoms with van der Waals surface area (Å²) in [5.41, 5.74) is 1.84. The van der Waals surface area contributed by atoms with Gasteiger partial charge in [0.1, 0.15) is 0 Å². The molecule has 1 aliphatic heterocycles. The van der Waals surface area contributed by atoms with Crippen molar-refractivity contribution in [2.45, 2.75) is 38.5 Å². The van der Waals surface area contributed by atoms with Crippen molar-refractivity contribution in [1.82, 2.24) is 20.9 Å². The fraction of sp³-hybridized carbons (Fsp3) is 0.619. The Morgan fingerprint density at radius 2 is 1.85 bits per heavy atom. The lowest BCUT2D eigenvalue weighted by molar-refractivity contribution is 0.0963. The molecule has 0 aromatic heterocycles. The van der Waals surface area contributed by atoms with Gasteiger partial charge in [-0.1, -0.05) is 25.0 Å². The SMILES string of the molecule is CN=C(NCCCN1CCCCCC1)NCCc1cccc(C(=O)NC)c1. The molecule has 1 saturated heterocycles. The van der Waals surface area contributed by atoms with E-state index in [1.54, 1.807) is 14.1 Å². The van der Waals surface area contributed by atoms with Crippen molar-refractivity contribution in [2.75, 3.05) is 46.8 Å². The summed E-state index contributed by atoms with van der Waals surface area (Å²) in [5, 5.41) is 9.41. The number of likely N-dealkylation sites (tertiary alicyclic amines) is 1. The minimum absolute atomic E-state index is 0.0494. The molecule has 6 nitrogen and oxygen atoms in total. The molecule has 0 spiro atoms. The summed E-state index contributed by atoms with van der Waals surface area (Å²) in [4.78, 5) is 18.6. The Morgan fingerprint density at radius 1 is 1.11 bits per heavy atom. The van der Waals surface area contributed by atoms with Crippen LogP contribution >= 0.6 is 0 Å². The van der Waals surface area contributed by atoms with Crippen LogP contribution in [0.1, 0.15) is 48.0 Å². The predicted molar refractivity (Wildman–Crippen MR) is 112 cm³/mol. The minimum Gasteiger partial charge on any atom is -0.356 e. The van der Waals surface area contributed by atoms with Gasteiger partial charge in [-0.05, 0) is 63.0 Å². The van der Waals surface area contributed by atoms with Crippen LogP contribution in [0.15, 0.2) is 29.3 Å². The van der Waals surface area contributed by atoms with Gasteiger partial charge in [0.05, 0.1) is 0 Å². The van der Waals surface area contributed by atoms with Gasteiger partial charge in [0.2, 0.25) is 0 Å². The van der Waals surface area contributed by atoms with E-state index in [0.717, 1.165) is 44.0 Å². The number of amides is 1. The third kappa shape index (κ3) is 7.99. The maximum absolute atomic E-state index is 11.7. The lowest BCUT2D eigenvalue weighted by atomic mass is 10.1. The maximum atomic E-state index is 11.7. The molecule has 1 aromatic rings. The number of nitrogens with zero attached hydrogens (tertiary/aromatic N) is 2. The van der Waals surface area contributed by atoms with Gasteiger partial charge in [0, 0.05) is 32.7 Å². The van der Waals surface area contributed by atoms with Gasteiger partial charge in [0.15, 0.2) is 5.96 Å². The molecular formula is C21H35N5O. The lowest BCUT2D eigenvalue weighted by Crippen LogP contribution is -2.39. The van der Waals surface area contributed by atoms with Crippen molar-refractivity contribution in [3.05, 3.63) is 35.4 Å². The van der Waals surface area contributed by atoms with Gasteiger partial charge in [-0.3, -0.25) is 9.79 Å². The molecule has 0 radical (unpaired) electrons. The zero-order valence-corrected chi connectivity index (χ0v) is 16.9. The quantitative estimate of drug-likeness (QED) is 0.370. The first-order valence-electron chi connectivity index (χ1n) is 10.2. The van der Waals surface area contributed by atoms with Crippen LogP contribution in [0.2, 0.25) is 0 Å². The van der Waals surface area contributed by atoms with Crippen LogP contribution in [0.25, 0.3) is 0 Å². The molecule has 0 saturated carbocycles. The highest BCUT2D eigenvalue weighted by Crippen LogP contribution is 2.09. The number of carbonyl (C=O) groups excluding carboxylic acids is 1. The number of hydrogen-bond acceptors (Lipinski definition) is 3. The second kappa shape index (κ2) is 12.3. The average Bonchev–Trinajstić information content (AvgIpc) is 2.98. The normalized spacial score (nSPS) is 15.9. The standard InChI is InChI=1S/C21H35N5O/c1-22-20(27)19-10-7-9-18(17-19)11-13-25-21(23-2)24-12-8-16-26-14-5-3-4-6-15-26/h7,9-10,17H,3-6,8,11-16H2,1-2H3,(H,22,27)(H2,23,24,25). The highest BCUT2D eigenvalue weighted by Gasteiger charge is 2.08. The predicted octanol–water partition coefficient (Wildman–Crippen LogP) is 2.02. The monoisotopic (exact) mass is 373 g/mol. The Hall–Kier alpha value is -2.08. The molecule has 1 aromatic carbocycles. The zero-order chi connectivity index (χ0) is 19.3. The Morgan fingerprint density at radius 3 is 2.56 bits per heavy atom. The summed E-state index contributed by atoms with van der Waals surface area (Å²) < 4.78 is 0. The first-order chi connectivity index (χ1) is 13.2. The van der Waals surface area contributed by atoms with Crippen molar-refractivity contribution in [1.29, 1.82) is 0 Å². The molecule has 150 valence electrons. The van der Waals surface area contributed by atoms with Crippen LogP contribution in [0.3, 0.4) is 0 Å². The van der Waals surface area contributed by atoms with Crippen molar-refractivity contribution in [3.8, 4) is 0 Å². The van der Waals surface area contributed by atoms with Crippen molar-refractivity contribution in [2.24, 2.45) is 4.99 Å². The fourth-order valence-corrected chi connectivity index (χ4v) is 3.43. The number of carbonyl (C=O) groups is 1. The molecule has 0 aliphatic carbocycles. The smallest absolute Gasteiger partial charge is 0.251 e. The number of guanidine groups is 1. The van der Waals surface area contributed by atoms with Crippen molar-refractivity contribution >= 4 is 11.9 Å². The molecule has 0 bridgehead atoms. The third-order valence-electron chi connectivity index (χ3n) is 4.99. The number of rotatable bonds is 8. The minimum atomic E-state index is -0.0494. The van der Waals surface area contributed by atoms with Crippen LogP contribution in [0.4, 0.5) is 0 Å².